The zero-order chi connectivity index (χ0) is 19.9. The summed E-state index contributed by atoms with van der Waals surface area (Å²) in [7, 11) is -0.398. The van der Waals surface area contributed by atoms with Crippen molar-refractivity contribution >= 4 is 32.3 Å². The Kier molecular flexibility index (Phi) is 4.56. The summed E-state index contributed by atoms with van der Waals surface area (Å²) in [5.74, 6) is 1.17. The van der Waals surface area contributed by atoms with E-state index in [0.717, 1.165) is 35.3 Å². The van der Waals surface area contributed by atoms with Gasteiger partial charge in [-0.05, 0) is 31.0 Å². The summed E-state index contributed by atoms with van der Waals surface area (Å²) in [6.07, 6.45) is 3.19. The van der Waals surface area contributed by atoms with E-state index in [1.165, 1.54) is 0 Å². The fourth-order valence-corrected chi connectivity index (χ4v) is 4.59. The highest BCUT2D eigenvalue weighted by Gasteiger charge is 2.27. The third-order valence-electron chi connectivity index (χ3n) is 4.96. The average molecular weight is 401 g/mol. The summed E-state index contributed by atoms with van der Waals surface area (Å²) in [5.41, 5.74) is 3.14. The van der Waals surface area contributed by atoms with Crippen molar-refractivity contribution < 1.29 is 23.0 Å². The molecular weight excluding hydrogens is 380 g/mol. The Morgan fingerprint density at radius 3 is 2.57 bits per heavy atom. The molecule has 0 bridgehead atoms. The average Bonchev–Trinajstić information content (AvgIpc) is 2.70. The molecule has 0 radical (unpaired) electrons. The van der Waals surface area contributed by atoms with Crippen LogP contribution in [0.3, 0.4) is 0 Å². The zero-order valence-electron chi connectivity index (χ0n) is 15.7. The third-order valence-corrected chi connectivity index (χ3v) is 6.01. The van der Waals surface area contributed by atoms with Crippen molar-refractivity contribution in [1.82, 2.24) is 10.2 Å². The molecule has 8 nitrogen and oxygen atoms in total. The summed E-state index contributed by atoms with van der Waals surface area (Å²) in [6, 6.07) is 8.94. The first-order chi connectivity index (χ1) is 13.4. The van der Waals surface area contributed by atoms with Crippen LogP contribution in [-0.2, 0) is 16.4 Å². The predicted molar refractivity (Wildman–Crippen MR) is 104 cm³/mol. The molecular formula is C19H21N4O4S+. The van der Waals surface area contributed by atoms with Gasteiger partial charge in [0.05, 0.1) is 31.6 Å². The van der Waals surface area contributed by atoms with Crippen LogP contribution < -0.4 is 19.5 Å². The Morgan fingerprint density at radius 2 is 1.86 bits per heavy atom. The van der Waals surface area contributed by atoms with Gasteiger partial charge in [-0.25, -0.2) is 5.14 Å². The van der Waals surface area contributed by atoms with E-state index in [1.807, 2.05) is 12.1 Å². The SMILES string of the molecule is COc1cc2nncc(N3CCCc4c3cccc4S([NH3+])(=O)=O)c2cc1OC. The summed E-state index contributed by atoms with van der Waals surface area (Å²) < 4.78 is 35.1. The molecule has 0 fully saturated rings. The number of hydrogen-bond acceptors (Lipinski definition) is 7. The Hall–Kier alpha value is -2.91. The van der Waals surface area contributed by atoms with Crippen molar-refractivity contribution in [2.45, 2.75) is 17.7 Å². The first-order valence-electron chi connectivity index (χ1n) is 8.79. The van der Waals surface area contributed by atoms with Gasteiger partial charge in [0.25, 0.3) is 0 Å². The van der Waals surface area contributed by atoms with Crippen LogP contribution >= 0.6 is 0 Å². The van der Waals surface area contributed by atoms with Gasteiger partial charge >= 0.3 is 10.0 Å². The van der Waals surface area contributed by atoms with Gasteiger partial charge in [0, 0.05) is 29.2 Å². The minimum atomic E-state index is -3.55. The first kappa shape index (κ1) is 18.5. The highest BCUT2D eigenvalue weighted by atomic mass is 32.2. The number of rotatable bonds is 4. The van der Waals surface area contributed by atoms with Crippen molar-refractivity contribution in [2.24, 2.45) is 0 Å². The van der Waals surface area contributed by atoms with E-state index in [9.17, 15) is 8.42 Å². The molecule has 9 heteroatoms. The second-order valence-corrected chi connectivity index (χ2v) is 8.25. The molecule has 4 rings (SSSR count). The molecule has 0 amide bonds. The summed E-state index contributed by atoms with van der Waals surface area (Å²) in [4.78, 5) is 2.36. The third kappa shape index (κ3) is 3.02. The standard InChI is InChI=1S/C19H20N4O4S/c1-26-17-9-13-14(10-18(17)27-2)22-21-11-16(13)23-8-4-5-12-15(23)6-3-7-19(12)28(20,24)25/h3,6-7,9-11H,4-5,8H2,1-2H3,(H2,20,24,25)/p+1. The van der Waals surface area contributed by atoms with Crippen LogP contribution in [0.2, 0.25) is 0 Å². The normalized spacial score (nSPS) is 14.0. The number of nitrogens with zero attached hydrogens (tertiary/aromatic N) is 3. The smallest absolute Gasteiger partial charge is 0.322 e. The Bertz CT molecular complexity index is 1160. The summed E-state index contributed by atoms with van der Waals surface area (Å²) >= 11 is 0. The first-order valence-corrected chi connectivity index (χ1v) is 10.4. The fraction of sp³-hybridized carbons (Fsp3) is 0.263. The number of aromatic nitrogens is 2. The highest BCUT2D eigenvalue weighted by Crippen LogP contribution is 2.41. The molecule has 146 valence electrons. The van der Waals surface area contributed by atoms with Crippen LogP contribution in [0.25, 0.3) is 10.9 Å². The van der Waals surface area contributed by atoms with E-state index in [4.69, 9.17) is 9.47 Å². The molecule has 0 atom stereocenters. The Balaban J connectivity index is 1.94. The van der Waals surface area contributed by atoms with E-state index in [1.54, 1.807) is 38.6 Å². The van der Waals surface area contributed by atoms with Gasteiger partial charge in [0.1, 0.15) is 4.90 Å². The van der Waals surface area contributed by atoms with E-state index in [-0.39, 0.29) is 4.90 Å². The van der Waals surface area contributed by atoms with Crippen molar-refractivity contribution in [3.8, 4) is 11.5 Å². The monoisotopic (exact) mass is 401 g/mol. The van der Waals surface area contributed by atoms with E-state index < -0.39 is 10.0 Å². The van der Waals surface area contributed by atoms with Crippen molar-refractivity contribution in [3.05, 3.63) is 42.1 Å². The van der Waals surface area contributed by atoms with Gasteiger partial charge in [-0.1, -0.05) is 6.07 Å². The van der Waals surface area contributed by atoms with Gasteiger partial charge in [0.15, 0.2) is 11.5 Å². The molecule has 1 aromatic heterocycles. The minimum Gasteiger partial charge on any atom is -0.493 e. The maximum Gasteiger partial charge on any atom is 0.322 e. The number of anilines is 2. The highest BCUT2D eigenvalue weighted by molar-refractivity contribution is 7.84. The molecule has 2 aromatic carbocycles. The number of methoxy groups -OCH3 is 2. The number of fused-ring (bicyclic) bond motifs is 2. The lowest BCUT2D eigenvalue weighted by atomic mass is 10.0. The molecule has 0 aliphatic carbocycles. The zero-order valence-corrected chi connectivity index (χ0v) is 16.5. The number of hydrogen-bond donors (Lipinski definition) is 1. The van der Waals surface area contributed by atoms with Crippen LogP contribution in [0.4, 0.5) is 11.4 Å². The molecule has 0 saturated heterocycles. The topological polar surface area (TPSA) is 109 Å². The molecule has 2 heterocycles. The fourth-order valence-electron chi connectivity index (χ4n) is 3.72. The van der Waals surface area contributed by atoms with Crippen molar-refractivity contribution in [3.63, 3.8) is 0 Å². The lowest BCUT2D eigenvalue weighted by molar-refractivity contribution is -0.165. The maximum atomic E-state index is 12.1. The van der Waals surface area contributed by atoms with Gasteiger partial charge in [-0.3, -0.25) is 0 Å². The molecule has 28 heavy (non-hydrogen) atoms. The van der Waals surface area contributed by atoms with Crippen molar-refractivity contribution in [2.75, 3.05) is 25.7 Å². The van der Waals surface area contributed by atoms with E-state index in [0.29, 0.717) is 23.4 Å². The number of sulfonamides is 1. The molecule has 3 N–H and O–H groups in total. The number of benzene rings is 2. The van der Waals surface area contributed by atoms with Gasteiger partial charge < -0.3 is 14.4 Å². The van der Waals surface area contributed by atoms with Crippen LogP contribution in [0.1, 0.15) is 12.0 Å². The lowest BCUT2D eigenvalue weighted by Crippen LogP contribution is -2.56. The van der Waals surface area contributed by atoms with Crippen molar-refractivity contribution in [1.29, 1.82) is 0 Å². The molecule has 1 aliphatic heterocycles. The second-order valence-electron chi connectivity index (χ2n) is 6.58. The Morgan fingerprint density at radius 1 is 1.11 bits per heavy atom. The minimum absolute atomic E-state index is 0.278. The number of ether oxygens (including phenoxy) is 2. The summed E-state index contributed by atoms with van der Waals surface area (Å²) in [6.45, 7) is 0.739. The number of quaternary nitrogens is 1. The predicted octanol–water partition coefficient (Wildman–Crippen LogP) is 1.66. The molecule has 3 aromatic rings. The van der Waals surface area contributed by atoms with Gasteiger partial charge in [-0.15, -0.1) is 0 Å². The lowest BCUT2D eigenvalue weighted by Gasteiger charge is -2.32. The van der Waals surface area contributed by atoms with Crippen LogP contribution in [0.15, 0.2) is 41.4 Å². The quantitative estimate of drug-likeness (QED) is 0.708. The van der Waals surface area contributed by atoms with Gasteiger partial charge in [0.2, 0.25) is 0 Å². The van der Waals surface area contributed by atoms with Gasteiger partial charge in [-0.2, -0.15) is 18.6 Å². The van der Waals surface area contributed by atoms with E-state index >= 15 is 0 Å². The largest absolute Gasteiger partial charge is 0.493 e. The maximum absolute atomic E-state index is 12.1. The van der Waals surface area contributed by atoms with Crippen LogP contribution in [0.5, 0.6) is 11.5 Å². The van der Waals surface area contributed by atoms with E-state index in [2.05, 4.69) is 20.2 Å². The second kappa shape index (κ2) is 6.92. The van der Waals surface area contributed by atoms with Crippen LogP contribution in [0, 0.1) is 0 Å². The molecule has 0 unspecified atom stereocenters. The molecule has 0 spiro atoms. The van der Waals surface area contributed by atoms with Crippen LogP contribution in [-0.4, -0.2) is 39.4 Å². The molecule has 0 saturated carbocycles. The molecule has 1 aliphatic rings. The summed E-state index contributed by atoms with van der Waals surface area (Å²) in [5, 5.41) is 12.5. The Labute approximate surface area is 162 Å².